The Morgan fingerprint density at radius 2 is 2.07 bits per heavy atom. The molecule has 2 N–H and O–H groups in total. The summed E-state index contributed by atoms with van der Waals surface area (Å²) in [5, 5.41) is 18.8. The van der Waals surface area contributed by atoms with Crippen molar-refractivity contribution in [2.75, 3.05) is 0 Å². The predicted molar refractivity (Wildman–Crippen MR) is 58.1 cm³/mol. The summed E-state index contributed by atoms with van der Waals surface area (Å²) < 4.78 is 0.810. The molecule has 0 aliphatic heterocycles. The lowest BCUT2D eigenvalue weighted by atomic mass is 10.2. The number of benzene rings is 1. The number of aromatic nitrogens is 1. The molecule has 0 radical (unpaired) electrons. The van der Waals surface area contributed by atoms with E-state index in [-0.39, 0.29) is 11.4 Å². The van der Waals surface area contributed by atoms with Gasteiger partial charge in [0.1, 0.15) is 5.75 Å². The predicted octanol–water partition coefficient (Wildman–Crippen LogP) is 2.40. The van der Waals surface area contributed by atoms with Crippen molar-refractivity contribution in [3.8, 4) is 5.75 Å². The third-order valence-electron chi connectivity index (χ3n) is 1.96. The van der Waals surface area contributed by atoms with E-state index < -0.39 is 5.97 Å². The highest BCUT2D eigenvalue weighted by atomic mass is 79.9. The molecule has 5 heteroatoms. The van der Waals surface area contributed by atoms with Gasteiger partial charge in [0.25, 0.3) is 0 Å². The van der Waals surface area contributed by atoms with Crippen LogP contribution in [-0.4, -0.2) is 21.2 Å². The maximum atomic E-state index is 10.7. The van der Waals surface area contributed by atoms with E-state index in [9.17, 15) is 9.90 Å². The highest BCUT2D eigenvalue weighted by Gasteiger charge is 2.12. The van der Waals surface area contributed by atoms with Crippen LogP contribution in [0.5, 0.6) is 5.75 Å². The molecule has 1 aromatic carbocycles. The lowest BCUT2D eigenvalue weighted by Crippen LogP contribution is -2.00. The van der Waals surface area contributed by atoms with Gasteiger partial charge in [0.05, 0.1) is 5.52 Å². The lowest BCUT2D eigenvalue weighted by molar-refractivity contribution is 0.0687. The quantitative estimate of drug-likeness (QED) is 0.833. The number of halogens is 1. The minimum atomic E-state index is -1.24. The average molecular weight is 268 g/mol. The van der Waals surface area contributed by atoms with Crippen molar-refractivity contribution in [2.45, 2.75) is 0 Å². The molecule has 0 saturated carbocycles. The first kappa shape index (κ1) is 9.92. The number of rotatable bonds is 1. The number of fused-ring (bicyclic) bond motifs is 1. The molecule has 0 unspecified atom stereocenters. The minimum absolute atomic E-state index is 0.322. The second-order valence-electron chi connectivity index (χ2n) is 3.00. The Morgan fingerprint density at radius 3 is 2.73 bits per heavy atom. The summed E-state index contributed by atoms with van der Waals surface area (Å²) in [5.41, 5.74) is 0.195. The molecule has 2 rings (SSSR count). The van der Waals surface area contributed by atoms with Crippen LogP contribution in [0.4, 0.5) is 0 Å². The van der Waals surface area contributed by atoms with Crippen LogP contribution in [-0.2, 0) is 0 Å². The van der Waals surface area contributed by atoms with Gasteiger partial charge < -0.3 is 10.2 Å². The first-order valence-electron chi connectivity index (χ1n) is 4.10. The van der Waals surface area contributed by atoms with Crippen LogP contribution in [0.2, 0.25) is 0 Å². The highest BCUT2D eigenvalue weighted by molar-refractivity contribution is 9.10. The van der Waals surface area contributed by atoms with Gasteiger partial charge in [-0.1, -0.05) is 22.0 Å². The van der Waals surface area contributed by atoms with Crippen LogP contribution in [0.15, 0.2) is 28.7 Å². The summed E-state index contributed by atoms with van der Waals surface area (Å²) in [5.74, 6) is -1.56. The van der Waals surface area contributed by atoms with Crippen molar-refractivity contribution < 1.29 is 15.0 Å². The van der Waals surface area contributed by atoms with E-state index in [4.69, 9.17) is 5.11 Å². The summed E-state index contributed by atoms with van der Waals surface area (Å²) in [7, 11) is 0. The normalized spacial score (nSPS) is 10.5. The summed E-state index contributed by atoms with van der Waals surface area (Å²) in [6, 6.07) is 6.63. The zero-order valence-corrected chi connectivity index (χ0v) is 9.02. The molecular formula is C10H6BrNO3. The Morgan fingerprint density at radius 1 is 1.33 bits per heavy atom. The molecule has 4 nitrogen and oxygen atoms in total. The Hall–Kier alpha value is -1.62. The van der Waals surface area contributed by atoms with Crippen molar-refractivity contribution in [3.05, 3.63) is 34.4 Å². The number of hydrogen-bond acceptors (Lipinski definition) is 3. The Kier molecular flexibility index (Phi) is 2.32. The molecule has 0 amide bonds. The van der Waals surface area contributed by atoms with Gasteiger partial charge in [-0.15, -0.1) is 0 Å². The summed E-state index contributed by atoms with van der Waals surface area (Å²) in [6.07, 6.45) is 0. The van der Waals surface area contributed by atoms with Crippen LogP contribution in [0.1, 0.15) is 10.5 Å². The first-order valence-corrected chi connectivity index (χ1v) is 4.90. The molecule has 2 aromatic rings. The molecule has 0 spiro atoms. The van der Waals surface area contributed by atoms with Crippen LogP contribution in [0.3, 0.4) is 0 Å². The van der Waals surface area contributed by atoms with Gasteiger partial charge in [-0.2, -0.15) is 0 Å². The molecule has 1 aromatic heterocycles. The second-order valence-corrected chi connectivity index (χ2v) is 3.91. The fourth-order valence-corrected chi connectivity index (χ4v) is 1.64. The molecule has 0 atom stereocenters. The van der Waals surface area contributed by atoms with Crippen molar-refractivity contribution in [3.63, 3.8) is 0 Å². The number of carboxylic acids is 1. The van der Waals surface area contributed by atoms with Crippen LogP contribution in [0, 0.1) is 0 Å². The summed E-state index contributed by atoms with van der Waals surface area (Å²) in [4.78, 5) is 14.6. The summed E-state index contributed by atoms with van der Waals surface area (Å²) in [6.45, 7) is 0. The maximum Gasteiger partial charge on any atom is 0.358 e. The van der Waals surface area contributed by atoms with Gasteiger partial charge in [-0.05, 0) is 18.2 Å². The molecule has 0 aliphatic carbocycles. The Labute approximate surface area is 93.3 Å². The standard InChI is InChI=1S/C10H6BrNO3/c11-6-2-1-5-3-8(13)9(10(14)15)12-7(5)4-6/h1-4,13H,(H,14,15). The van der Waals surface area contributed by atoms with Gasteiger partial charge in [-0.25, -0.2) is 9.78 Å². The van der Waals surface area contributed by atoms with Crippen LogP contribution in [0.25, 0.3) is 10.9 Å². The van der Waals surface area contributed by atoms with Crippen LogP contribution < -0.4 is 0 Å². The number of carboxylic acid groups (broad SMARTS) is 1. The van der Waals surface area contributed by atoms with Gasteiger partial charge in [0.2, 0.25) is 0 Å². The van der Waals surface area contributed by atoms with E-state index in [0.29, 0.717) is 10.9 Å². The van der Waals surface area contributed by atoms with Gasteiger partial charge in [-0.3, -0.25) is 0 Å². The smallest absolute Gasteiger partial charge is 0.358 e. The molecule has 0 saturated heterocycles. The first-order chi connectivity index (χ1) is 7.08. The van der Waals surface area contributed by atoms with Crippen molar-refractivity contribution in [1.29, 1.82) is 0 Å². The number of aromatic hydroxyl groups is 1. The third kappa shape index (κ3) is 1.78. The molecular weight excluding hydrogens is 262 g/mol. The number of nitrogens with zero attached hydrogens (tertiary/aromatic N) is 1. The molecule has 1 heterocycles. The molecule has 0 fully saturated rings. The maximum absolute atomic E-state index is 10.7. The van der Waals surface area contributed by atoms with E-state index in [1.54, 1.807) is 18.2 Å². The molecule has 0 bridgehead atoms. The minimum Gasteiger partial charge on any atom is -0.505 e. The summed E-state index contributed by atoms with van der Waals surface area (Å²) >= 11 is 3.26. The van der Waals surface area contributed by atoms with E-state index in [1.165, 1.54) is 6.07 Å². The highest BCUT2D eigenvalue weighted by Crippen LogP contribution is 2.24. The number of pyridine rings is 1. The topological polar surface area (TPSA) is 70.4 Å². The monoisotopic (exact) mass is 267 g/mol. The van der Waals surface area contributed by atoms with E-state index in [1.807, 2.05) is 0 Å². The van der Waals surface area contributed by atoms with E-state index in [2.05, 4.69) is 20.9 Å². The second kappa shape index (κ2) is 3.51. The number of carbonyl (C=O) groups is 1. The van der Waals surface area contributed by atoms with Crippen LogP contribution >= 0.6 is 15.9 Å². The van der Waals surface area contributed by atoms with Crippen molar-refractivity contribution in [2.24, 2.45) is 0 Å². The van der Waals surface area contributed by atoms with E-state index >= 15 is 0 Å². The molecule has 76 valence electrons. The van der Waals surface area contributed by atoms with Gasteiger partial charge >= 0.3 is 5.97 Å². The number of hydrogen-bond donors (Lipinski definition) is 2. The third-order valence-corrected chi connectivity index (χ3v) is 2.46. The average Bonchev–Trinajstić information content (AvgIpc) is 2.17. The Bertz CT molecular complexity index is 554. The zero-order chi connectivity index (χ0) is 11.0. The Balaban J connectivity index is 2.77. The largest absolute Gasteiger partial charge is 0.505 e. The SMILES string of the molecule is O=C(O)c1nc2cc(Br)ccc2cc1O. The van der Waals surface area contributed by atoms with Crippen molar-refractivity contribution >= 4 is 32.8 Å². The van der Waals surface area contributed by atoms with Crippen molar-refractivity contribution in [1.82, 2.24) is 4.98 Å². The molecule has 15 heavy (non-hydrogen) atoms. The number of aromatic carboxylic acids is 1. The fourth-order valence-electron chi connectivity index (χ4n) is 1.29. The zero-order valence-electron chi connectivity index (χ0n) is 7.44. The molecule has 0 aliphatic rings. The lowest BCUT2D eigenvalue weighted by Gasteiger charge is -2.02. The van der Waals surface area contributed by atoms with Gasteiger partial charge in [0, 0.05) is 9.86 Å². The fraction of sp³-hybridized carbons (Fsp3) is 0. The van der Waals surface area contributed by atoms with E-state index in [0.717, 1.165) is 4.47 Å². The van der Waals surface area contributed by atoms with Gasteiger partial charge in [0.15, 0.2) is 5.69 Å².